The van der Waals surface area contributed by atoms with Crippen LogP contribution in [0.1, 0.15) is 139 Å². The summed E-state index contributed by atoms with van der Waals surface area (Å²) in [5.41, 5.74) is 3.22. The summed E-state index contributed by atoms with van der Waals surface area (Å²) in [4.78, 5) is 63.6. The fourth-order valence-corrected chi connectivity index (χ4v) is 9.16. The van der Waals surface area contributed by atoms with Gasteiger partial charge in [-0.05, 0) is 188 Å². The van der Waals surface area contributed by atoms with Crippen LogP contribution in [0.25, 0.3) is 32.7 Å². The lowest BCUT2D eigenvalue weighted by Crippen LogP contribution is -2.14. The van der Waals surface area contributed by atoms with Crippen LogP contribution in [0.3, 0.4) is 0 Å². The summed E-state index contributed by atoms with van der Waals surface area (Å²) >= 11 is 0. The molecule has 14 heteroatoms. The molecule has 7 aromatic carbocycles. The highest BCUT2D eigenvalue weighted by Crippen LogP contribution is 2.30. The zero-order valence-electron chi connectivity index (χ0n) is 47.7. The van der Waals surface area contributed by atoms with Crippen molar-refractivity contribution in [2.24, 2.45) is 0 Å². The molecule has 436 valence electrons. The number of nitrogens with zero attached hydrogens (tertiary/aromatic N) is 1. The molecular weight excluding hydrogens is 1060 g/mol. The summed E-state index contributed by atoms with van der Waals surface area (Å²) in [6, 6.07) is 43.5. The molecule has 7 rings (SSSR count). The molecule has 0 spiro atoms. The Morgan fingerprint density at radius 2 is 0.750 bits per heavy atom. The molecule has 0 unspecified atom stereocenters. The Hall–Kier alpha value is -9.22. The molecule has 7 aromatic rings. The van der Waals surface area contributed by atoms with Gasteiger partial charge in [0.2, 0.25) is 0 Å². The lowest BCUT2D eigenvalue weighted by molar-refractivity contribution is -0.138. The summed E-state index contributed by atoms with van der Waals surface area (Å²) in [6.07, 6.45) is 16.9. The lowest BCUT2D eigenvalue weighted by atomic mass is 10.0. The van der Waals surface area contributed by atoms with Gasteiger partial charge in [0.25, 0.3) is 0 Å². The second-order valence-electron chi connectivity index (χ2n) is 20.2. The smallest absolute Gasteiger partial charge is 0.343 e. The zero-order valence-corrected chi connectivity index (χ0v) is 47.7. The van der Waals surface area contributed by atoms with Crippen LogP contribution in [0, 0.1) is 11.3 Å². The fraction of sp³-hybridized carbons (Fsp3) is 0.314. The Balaban J connectivity index is 0.889. The quantitative estimate of drug-likeness (QED) is 0.0119. The number of hydrogen-bond donors (Lipinski definition) is 0. The van der Waals surface area contributed by atoms with E-state index < -0.39 is 29.8 Å². The second kappa shape index (κ2) is 34.3. The van der Waals surface area contributed by atoms with Gasteiger partial charge in [0, 0.05) is 12.2 Å². The number of fused-ring (bicyclic) bond motifs is 2. The van der Waals surface area contributed by atoms with Crippen molar-refractivity contribution >= 4 is 51.4 Å². The van der Waals surface area contributed by atoms with E-state index in [0.717, 1.165) is 147 Å². The first-order valence-corrected chi connectivity index (χ1v) is 29.0. The predicted molar refractivity (Wildman–Crippen MR) is 324 cm³/mol. The predicted octanol–water partition coefficient (Wildman–Crippen LogP) is 15.7. The monoisotopic (exact) mass is 1140 g/mol. The molecule has 0 aromatic heterocycles. The molecule has 0 aliphatic heterocycles. The Morgan fingerprint density at radius 1 is 0.369 bits per heavy atom. The standard InChI is InChI=1S/C70H73NO13/c1-3-66(72)80-42-18-13-11-16-40-78-61-35-31-54-45-58(27-25-56(54)47-61)68(74)83-63-37-38-65(84-69(75)59-28-26-57-48-62(36-32-55(57)46-59)79-41-17-12-14-19-43-81-67(73)4-2)64(49-63)70(76)82-44-20-10-8-6-5-7-9-15-39-77-60-33-29-53(30-34-60)52-23-21-51(50-71)22-24-52/h3-4,21-38,45-49H,1-2,5-20,39-44H2. The molecule has 0 saturated heterocycles. The first-order valence-electron chi connectivity index (χ1n) is 29.0. The number of benzene rings is 7. The number of unbranched alkanes of at least 4 members (excludes halogenated alkanes) is 13. The molecule has 0 atom stereocenters. The number of esters is 5. The Morgan fingerprint density at radius 3 is 1.23 bits per heavy atom. The third kappa shape index (κ3) is 20.6. The highest BCUT2D eigenvalue weighted by molar-refractivity contribution is 6.00. The van der Waals surface area contributed by atoms with Gasteiger partial charge in [-0.3, -0.25) is 0 Å². The summed E-state index contributed by atoms with van der Waals surface area (Å²) in [7, 11) is 0. The van der Waals surface area contributed by atoms with E-state index in [1.807, 2.05) is 91.0 Å². The molecule has 0 aliphatic rings. The van der Waals surface area contributed by atoms with Crippen LogP contribution < -0.4 is 23.7 Å². The Labute approximate surface area is 491 Å². The lowest BCUT2D eigenvalue weighted by Gasteiger charge is -2.13. The summed E-state index contributed by atoms with van der Waals surface area (Å²) < 4.78 is 45.4. The Bertz CT molecular complexity index is 3360. The number of ether oxygens (including phenoxy) is 8. The largest absolute Gasteiger partial charge is 0.494 e. The van der Waals surface area contributed by atoms with Crippen LogP contribution in [0.2, 0.25) is 0 Å². The fourth-order valence-electron chi connectivity index (χ4n) is 9.16. The summed E-state index contributed by atoms with van der Waals surface area (Å²) in [5.74, 6) is -0.669. The van der Waals surface area contributed by atoms with Crippen LogP contribution in [0.4, 0.5) is 0 Å². The summed E-state index contributed by atoms with van der Waals surface area (Å²) in [6.45, 7) is 9.38. The molecular formula is C70H73NO13. The minimum atomic E-state index is -0.726. The van der Waals surface area contributed by atoms with Crippen molar-refractivity contribution in [3.63, 3.8) is 0 Å². The summed E-state index contributed by atoms with van der Waals surface area (Å²) in [5, 5.41) is 12.4. The maximum Gasteiger partial charge on any atom is 0.343 e. The molecule has 0 radical (unpaired) electrons. The third-order valence-electron chi connectivity index (χ3n) is 13.9. The van der Waals surface area contributed by atoms with Crippen molar-refractivity contribution in [3.05, 3.63) is 187 Å². The maximum absolute atomic E-state index is 13.8. The van der Waals surface area contributed by atoms with Gasteiger partial charge in [0.05, 0.1) is 62.4 Å². The van der Waals surface area contributed by atoms with E-state index >= 15 is 0 Å². The Kier molecular flexibility index (Phi) is 25.5. The molecule has 0 heterocycles. The highest BCUT2D eigenvalue weighted by Gasteiger charge is 2.21. The van der Waals surface area contributed by atoms with Gasteiger partial charge >= 0.3 is 29.8 Å². The highest BCUT2D eigenvalue weighted by atomic mass is 16.6. The van der Waals surface area contributed by atoms with Crippen LogP contribution in [-0.4, -0.2) is 69.5 Å². The van der Waals surface area contributed by atoms with Crippen molar-refractivity contribution in [1.82, 2.24) is 0 Å². The topological polar surface area (TPSA) is 183 Å². The first kappa shape index (κ1) is 62.4. The minimum Gasteiger partial charge on any atom is -0.494 e. The first-order chi connectivity index (χ1) is 41.1. The van der Waals surface area contributed by atoms with Crippen molar-refractivity contribution < 1.29 is 61.9 Å². The van der Waals surface area contributed by atoms with Crippen LogP contribution >= 0.6 is 0 Å². The van der Waals surface area contributed by atoms with E-state index in [2.05, 4.69) is 19.2 Å². The van der Waals surface area contributed by atoms with Crippen molar-refractivity contribution in [2.45, 2.75) is 103 Å². The van der Waals surface area contributed by atoms with Gasteiger partial charge in [0.15, 0.2) is 0 Å². The second-order valence-corrected chi connectivity index (χ2v) is 20.2. The minimum absolute atomic E-state index is 0.0512. The normalized spacial score (nSPS) is 10.8. The third-order valence-corrected chi connectivity index (χ3v) is 13.9. The van der Waals surface area contributed by atoms with E-state index in [0.29, 0.717) is 56.5 Å². The van der Waals surface area contributed by atoms with E-state index in [4.69, 9.17) is 43.2 Å². The van der Waals surface area contributed by atoms with Crippen LogP contribution in [0.5, 0.6) is 28.7 Å². The molecule has 0 aliphatic carbocycles. The molecule has 0 amide bonds. The van der Waals surface area contributed by atoms with E-state index in [-0.39, 0.29) is 34.8 Å². The number of carbonyl (C=O) groups is 5. The number of rotatable bonds is 36. The zero-order chi connectivity index (χ0) is 59.1. The van der Waals surface area contributed by atoms with Crippen molar-refractivity contribution in [2.75, 3.05) is 39.6 Å². The van der Waals surface area contributed by atoms with Gasteiger partial charge in [-0.15, -0.1) is 0 Å². The SMILES string of the molecule is C=CC(=O)OCCCCCCOc1ccc2cc(C(=O)Oc3ccc(OC(=O)c4ccc5cc(OCCCCCCOC(=O)C=C)ccc5c4)c(C(=O)OCCCCCCCCCCOc4ccc(-c5ccc(C#N)cc5)cc4)c3)ccc2c1. The van der Waals surface area contributed by atoms with Gasteiger partial charge in [-0.25, -0.2) is 24.0 Å². The van der Waals surface area contributed by atoms with Crippen LogP contribution in [0.15, 0.2) is 165 Å². The molecule has 0 saturated carbocycles. The van der Waals surface area contributed by atoms with Crippen molar-refractivity contribution in [3.8, 4) is 45.9 Å². The average Bonchev–Trinajstić information content (AvgIpc) is 3.54. The van der Waals surface area contributed by atoms with E-state index in [9.17, 15) is 24.0 Å². The maximum atomic E-state index is 13.8. The van der Waals surface area contributed by atoms with Gasteiger partial charge in [0.1, 0.15) is 34.3 Å². The average molecular weight is 1140 g/mol. The number of hydrogen-bond acceptors (Lipinski definition) is 14. The molecule has 14 nitrogen and oxygen atoms in total. The van der Waals surface area contributed by atoms with Gasteiger partial charge in [-0.1, -0.05) is 100 Å². The number of nitriles is 1. The van der Waals surface area contributed by atoms with Gasteiger partial charge < -0.3 is 37.9 Å². The van der Waals surface area contributed by atoms with E-state index in [1.54, 1.807) is 30.3 Å². The van der Waals surface area contributed by atoms with Crippen LogP contribution in [-0.2, 0) is 23.8 Å². The van der Waals surface area contributed by atoms with E-state index in [1.165, 1.54) is 18.2 Å². The molecule has 0 bridgehead atoms. The molecule has 84 heavy (non-hydrogen) atoms. The molecule has 0 fully saturated rings. The number of carbonyl (C=O) groups excluding carboxylic acids is 5. The van der Waals surface area contributed by atoms with Gasteiger partial charge in [-0.2, -0.15) is 5.26 Å². The molecule has 0 N–H and O–H groups in total. The van der Waals surface area contributed by atoms with Crippen molar-refractivity contribution in [1.29, 1.82) is 5.26 Å².